The summed E-state index contributed by atoms with van der Waals surface area (Å²) in [6.45, 7) is 0.308. The normalized spacial score (nSPS) is 12.4. The standard InChI is InChI=1S/C9H9F6NO/c1-3-5-16(4-2)7(17)6(8(10,11)12)9(13,14)15/h1,6H,4-5H2,2H3. The lowest BCUT2D eigenvalue weighted by atomic mass is 10.1. The zero-order valence-corrected chi connectivity index (χ0v) is 8.69. The second-order valence-corrected chi connectivity index (χ2v) is 3.07. The van der Waals surface area contributed by atoms with Gasteiger partial charge in [0.2, 0.25) is 11.8 Å². The Bertz CT molecular complexity index is 299. The highest BCUT2D eigenvalue weighted by atomic mass is 19.4. The van der Waals surface area contributed by atoms with Crippen LogP contribution in [0.25, 0.3) is 0 Å². The van der Waals surface area contributed by atoms with E-state index in [0.29, 0.717) is 4.90 Å². The molecule has 0 saturated carbocycles. The smallest absolute Gasteiger partial charge is 0.331 e. The lowest BCUT2D eigenvalue weighted by Crippen LogP contribution is -2.49. The van der Waals surface area contributed by atoms with Crippen LogP contribution in [0.1, 0.15) is 6.92 Å². The third-order valence-corrected chi connectivity index (χ3v) is 1.88. The Labute approximate surface area is 93.6 Å². The van der Waals surface area contributed by atoms with Gasteiger partial charge in [-0.1, -0.05) is 5.92 Å². The van der Waals surface area contributed by atoms with Crippen molar-refractivity contribution < 1.29 is 31.1 Å². The molecule has 0 bridgehead atoms. The molecule has 0 radical (unpaired) electrons. The van der Waals surface area contributed by atoms with Crippen LogP contribution < -0.4 is 0 Å². The summed E-state index contributed by atoms with van der Waals surface area (Å²) < 4.78 is 73.1. The molecule has 0 aliphatic rings. The summed E-state index contributed by atoms with van der Waals surface area (Å²) in [6, 6.07) is 0. The Morgan fingerprint density at radius 1 is 1.24 bits per heavy atom. The van der Waals surface area contributed by atoms with E-state index in [0.717, 1.165) is 0 Å². The number of hydrogen-bond donors (Lipinski definition) is 0. The maximum atomic E-state index is 12.2. The van der Waals surface area contributed by atoms with Crippen LogP contribution in [0.2, 0.25) is 0 Å². The molecule has 0 saturated heterocycles. The molecule has 0 atom stereocenters. The van der Waals surface area contributed by atoms with E-state index in [4.69, 9.17) is 6.42 Å². The van der Waals surface area contributed by atoms with E-state index in [1.54, 1.807) is 0 Å². The molecule has 0 aromatic heterocycles. The quantitative estimate of drug-likeness (QED) is 0.563. The van der Waals surface area contributed by atoms with Gasteiger partial charge in [-0.2, -0.15) is 26.3 Å². The van der Waals surface area contributed by atoms with Gasteiger partial charge in [0.15, 0.2) is 0 Å². The SMILES string of the molecule is C#CCN(CC)C(=O)C(C(F)(F)F)C(F)(F)F. The van der Waals surface area contributed by atoms with Crippen molar-refractivity contribution >= 4 is 5.91 Å². The Kier molecular flexibility index (Phi) is 4.86. The van der Waals surface area contributed by atoms with Crippen LogP contribution in [0.4, 0.5) is 26.3 Å². The molecule has 8 heteroatoms. The van der Waals surface area contributed by atoms with Gasteiger partial charge in [-0.3, -0.25) is 4.79 Å². The summed E-state index contributed by atoms with van der Waals surface area (Å²) in [5.41, 5.74) is 0. The molecule has 0 heterocycles. The van der Waals surface area contributed by atoms with E-state index >= 15 is 0 Å². The average Bonchev–Trinajstić information content (AvgIpc) is 2.08. The summed E-state index contributed by atoms with van der Waals surface area (Å²) in [7, 11) is 0. The van der Waals surface area contributed by atoms with Gasteiger partial charge in [-0.15, -0.1) is 6.42 Å². The Morgan fingerprint density at radius 2 is 1.65 bits per heavy atom. The van der Waals surface area contributed by atoms with Gasteiger partial charge in [0.1, 0.15) is 0 Å². The molecule has 0 spiro atoms. The molecule has 1 amide bonds. The number of amides is 1. The maximum absolute atomic E-state index is 12.2. The van der Waals surface area contributed by atoms with Crippen molar-refractivity contribution in [3.63, 3.8) is 0 Å². The summed E-state index contributed by atoms with van der Waals surface area (Å²) in [5.74, 6) is -4.28. The van der Waals surface area contributed by atoms with Crippen LogP contribution in [0.5, 0.6) is 0 Å². The molecule has 98 valence electrons. The summed E-state index contributed by atoms with van der Waals surface area (Å²) >= 11 is 0. The van der Waals surface area contributed by atoms with Crippen molar-refractivity contribution in [1.29, 1.82) is 0 Å². The van der Waals surface area contributed by atoms with Crippen molar-refractivity contribution in [2.75, 3.05) is 13.1 Å². The van der Waals surface area contributed by atoms with Crippen molar-refractivity contribution in [3.05, 3.63) is 0 Å². The molecule has 2 nitrogen and oxygen atoms in total. The van der Waals surface area contributed by atoms with E-state index in [-0.39, 0.29) is 6.54 Å². The Morgan fingerprint density at radius 3 is 1.88 bits per heavy atom. The molecule has 0 aromatic carbocycles. The van der Waals surface area contributed by atoms with Crippen molar-refractivity contribution in [3.8, 4) is 12.3 Å². The molecule has 0 aliphatic heterocycles. The van der Waals surface area contributed by atoms with Gasteiger partial charge >= 0.3 is 12.4 Å². The fourth-order valence-electron chi connectivity index (χ4n) is 1.10. The largest absolute Gasteiger partial charge is 0.409 e. The summed E-state index contributed by atoms with van der Waals surface area (Å²) in [5, 5.41) is 0. The first kappa shape index (κ1) is 15.6. The minimum Gasteiger partial charge on any atom is -0.331 e. The minimum absolute atomic E-state index is 0.325. The van der Waals surface area contributed by atoms with Crippen molar-refractivity contribution in [2.45, 2.75) is 19.3 Å². The van der Waals surface area contributed by atoms with Crippen LogP contribution in [-0.2, 0) is 4.79 Å². The van der Waals surface area contributed by atoms with E-state index < -0.39 is 30.7 Å². The zero-order valence-electron chi connectivity index (χ0n) is 8.69. The molecule has 0 aromatic rings. The third kappa shape index (κ3) is 4.17. The molecule has 0 rings (SSSR count). The summed E-state index contributed by atoms with van der Waals surface area (Å²) in [4.78, 5) is 11.5. The second kappa shape index (κ2) is 5.29. The number of alkyl halides is 6. The van der Waals surface area contributed by atoms with Crippen LogP contribution in [0.3, 0.4) is 0 Å². The maximum Gasteiger partial charge on any atom is 0.409 e. The lowest BCUT2D eigenvalue weighted by molar-refractivity contribution is -0.277. The molecule has 0 unspecified atom stereocenters. The van der Waals surface area contributed by atoms with Gasteiger partial charge in [-0.25, -0.2) is 0 Å². The Balaban J connectivity index is 5.22. The lowest BCUT2D eigenvalue weighted by Gasteiger charge is -2.27. The predicted molar refractivity (Wildman–Crippen MR) is 46.7 cm³/mol. The van der Waals surface area contributed by atoms with E-state index in [2.05, 4.69) is 0 Å². The number of nitrogens with zero attached hydrogens (tertiary/aromatic N) is 1. The van der Waals surface area contributed by atoms with Gasteiger partial charge in [0.05, 0.1) is 6.54 Å². The molecule has 17 heavy (non-hydrogen) atoms. The number of carbonyl (C=O) groups excluding carboxylic acids is 1. The predicted octanol–water partition coefficient (Wildman–Crippen LogP) is 2.21. The van der Waals surface area contributed by atoms with E-state index in [1.807, 2.05) is 5.92 Å². The van der Waals surface area contributed by atoms with Crippen LogP contribution in [0, 0.1) is 18.3 Å². The van der Waals surface area contributed by atoms with E-state index in [1.165, 1.54) is 6.92 Å². The van der Waals surface area contributed by atoms with Crippen LogP contribution in [-0.4, -0.2) is 36.2 Å². The fourth-order valence-corrected chi connectivity index (χ4v) is 1.10. The van der Waals surface area contributed by atoms with Gasteiger partial charge < -0.3 is 4.90 Å². The number of terminal acetylenes is 1. The average molecular weight is 261 g/mol. The second-order valence-electron chi connectivity index (χ2n) is 3.07. The highest BCUT2D eigenvalue weighted by molar-refractivity contribution is 5.80. The number of rotatable bonds is 3. The molecule has 0 aliphatic carbocycles. The molecule has 0 N–H and O–H groups in total. The highest BCUT2D eigenvalue weighted by Crippen LogP contribution is 2.40. The third-order valence-electron chi connectivity index (χ3n) is 1.88. The fraction of sp³-hybridized carbons (Fsp3) is 0.667. The first-order valence-electron chi connectivity index (χ1n) is 4.41. The van der Waals surface area contributed by atoms with Gasteiger partial charge in [0.25, 0.3) is 0 Å². The van der Waals surface area contributed by atoms with Crippen LogP contribution >= 0.6 is 0 Å². The number of carbonyl (C=O) groups is 1. The molecular weight excluding hydrogens is 252 g/mol. The van der Waals surface area contributed by atoms with Gasteiger partial charge in [0, 0.05) is 6.54 Å². The van der Waals surface area contributed by atoms with Crippen molar-refractivity contribution in [2.24, 2.45) is 5.92 Å². The number of halogens is 6. The topological polar surface area (TPSA) is 20.3 Å². The highest BCUT2D eigenvalue weighted by Gasteiger charge is 2.61. The first-order chi connectivity index (χ1) is 7.55. The van der Waals surface area contributed by atoms with E-state index in [9.17, 15) is 31.1 Å². The summed E-state index contributed by atoms with van der Waals surface area (Å²) in [6.07, 6.45) is -6.61. The minimum atomic E-state index is -5.68. The number of hydrogen-bond acceptors (Lipinski definition) is 1. The van der Waals surface area contributed by atoms with Crippen LogP contribution in [0.15, 0.2) is 0 Å². The monoisotopic (exact) mass is 261 g/mol. The zero-order chi connectivity index (χ0) is 13.9. The first-order valence-corrected chi connectivity index (χ1v) is 4.41. The van der Waals surface area contributed by atoms with Gasteiger partial charge in [-0.05, 0) is 6.92 Å². The molecule has 0 fully saturated rings. The molecular formula is C9H9F6NO. The van der Waals surface area contributed by atoms with Crippen molar-refractivity contribution in [1.82, 2.24) is 4.90 Å². The Hall–Kier alpha value is -1.39.